The Balaban J connectivity index is 2.29. The van der Waals surface area contributed by atoms with Gasteiger partial charge < -0.3 is 15.7 Å². The second-order valence-electron chi connectivity index (χ2n) is 3.77. The molecular formula is C10H11N5O2S2. The monoisotopic (exact) mass is 297 g/mol. The average Bonchev–Trinajstić information content (AvgIpc) is 2.80. The van der Waals surface area contributed by atoms with Gasteiger partial charge in [-0.3, -0.25) is 0 Å². The molecule has 0 aromatic carbocycles. The van der Waals surface area contributed by atoms with Crippen LogP contribution in [0.15, 0.2) is 21.6 Å². The molecule has 7 nitrogen and oxygen atoms in total. The van der Waals surface area contributed by atoms with Gasteiger partial charge in [0.1, 0.15) is 5.03 Å². The van der Waals surface area contributed by atoms with Gasteiger partial charge in [-0.1, -0.05) is 11.3 Å². The van der Waals surface area contributed by atoms with E-state index < -0.39 is 5.97 Å². The van der Waals surface area contributed by atoms with Gasteiger partial charge in [0.2, 0.25) is 5.13 Å². The molecule has 0 amide bonds. The van der Waals surface area contributed by atoms with E-state index in [0.717, 1.165) is 16.9 Å². The lowest BCUT2D eigenvalue weighted by Crippen LogP contribution is -2.07. The first-order chi connectivity index (χ1) is 8.97. The van der Waals surface area contributed by atoms with Gasteiger partial charge in [0.25, 0.3) is 0 Å². The smallest absolute Gasteiger partial charge is 0.338 e. The number of anilines is 2. The van der Waals surface area contributed by atoms with Crippen molar-refractivity contribution in [3.05, 3.63) is 17.8 Å². The van der Waals surface area contributed by atoms with E-state index in [4.69, 9.17) is 10.8 Å². The summed E-state index contributed by atoms with van der Waals surface area (Å²) in [5, 5.41) is 18.2. The maximum absolute atomic E-state index is 11.1. The van der Waals surface area contributed by atoms with Crippen LogP contribution >= 0.6 is 23.1 Å². The van der Waals surface area contributed by atoms with Gasteiger partial charge in [-0.2, -0.15) is 0 Å². The van der Waals surface area contributed by atoms with Gasteiger partial charge in [0.15, 0.2) is 4.34 Å². The summed E-state index contributed by atoms with van der Waals surface area (Å²) < 4.78 is 0.628. The summed E-state index contributed by atoms with van der Waals surface area (Å²) in [7, 11) is 3.72. The number of hydrogen-bond acceptors (Lipinski definition) is 8. The fraction of sp³-hybridized carbons (Fsp3) is 0.200. The van der Waals surface area contributed by atoms with Crippen LogP contribution in [0.2, 0.25) is 0 Å². The number of nitrogens with two attached hydrogens (primary N) is 1. The average molecular weight is 297 g/mol. The third-order valence-electron chi connectivity index (χ3n) is 2.07. The third-order valence-corrected chi connectivity index (χ3v) is 4.23. The summed E-state index contributed by atoms with van der Waals surface area (Å²) in [6.07, 6.45) is 1.42. The number of carboxylic acids is 1. The summed E-state index contributed by atoms with van der Waals surface area (Å²) >= 11 is 2.52. The lowest BCUT2D eigenvalue weighted by Gasteiger charge is -2.04. The Labute approximate surface area is 117 Å². The third kappa shape index (κ3) is 3.12. The first-order valence-corrected chi connectivity index (χ1v) is 6.78. The molecule has 3 N–H and O–H groups in total. The lowest BCUT2D eigenvalue weighted by atomic mass is 10.3. The number of carbonyl (C=O) groups is 1. The molecular weight excluding hydrogens is 286 g/mol. The predicted octanol–water partition coefficient (Wildman–Crippen LogP) is 1.43. The molecule has 0 saturated heterocycles. The van der Waals surface area contributed by atoms with Crippen LogP contribution in [-0.4, -0.2) is 40.4 Å². The number of hydrogen-bond donors (Lipinski definition) is 2. The van der Waals surface area contributed by atoms with Crippen LogP contribution in [0.1, 0.15) is 10.4 Å². The van der Waals surface area contributed by atoms with Gasteiger partial charge in [-0.25, -0.2) is 9.78 Å². The van der Waals surface area contributed by atoms with Crippen molar-refractivity contribution in [3.8, 4) is 0 Å². The number of pyridine rings is 1. The van der Waals surface area contributed by atoms with Gasteiger partial charge in [-0.15, -0.1) is 10.2 Å². The first-order valence-electron chi connectivity index (χ1n) is 5.15. The van der Waals surface area contributed by atoms with E-state index in [1.54, 1.807) is 0 Å². The standard InChI is InChI=1S/C10H11N5O2S2/c1-15(2)9-13-14-10(19-9)18-7-6(8(16)17)3-5(11)4-12-7/h3-4H,11H2,1-2H3,(H,16,17). The fourth-order valence-electron chi connectivity index (χ4n) is 1.21. The number of carboxylic acid groups (broad SMARTS) is 1. The van der Waals surface area contributed by atoms with Crippen LogP contribution in [0.3, 0.4) is 0 Å². The molecule has 2 aromatic rings. The highest BCUT2D eigenvalue weighted by Crippen LogP contribution is 2.33. The van der Waals surface area contributed by atoms with E-state index in [0.29, 0.717) is 15.1 Å². The van der Waals surface area contributed by atoms with Gasteiger partial charge in [0.05, 0.1) is 17.4 Å². The van der Waals surface area contributed by atoms with Crippen molar-refractivity contribution >= 4 is 39.9 Å². The number of aromatic carboxylic acids is 1. The van der Waals surface area contributed by atoms with E-state index in [9.17, 15) is 4.79 Å². The van der Waals surface area contributed by atoms with Crippen molar-refractivity contribution in [2.75, 3.05) is 24.7 Å². The first kappa shape index (κ1) is 13.6. The highest BCUT2D eigenvalue weighted by atomic mass is 32.2. The second-order valence-corrected chi connectivity index (χ2v) is 5.97. The Morgan fingerprint density at radius 3 is 2.79 bits per heavy atom. The number of rotatable bonds is 4. The summed E-state index contributed by atoms with van der Waals surface area (Å²) in [5.74, 6) is -1.07. The van der Waals surface area contributed by atoms with Gasteiger partial charge in [0, 0.05) is 14.1 Å². The molecule has 100 valence electrons. The van der Waals surface area contributed by atoms with Crippen molar-refractivity contribution in [1.29, 1.82) is 0 Å². The summed E-state index contributed by atoms with van der Waals surface area (Å²) in [6.45, 7) is 0. The largest absolute Gasteiger partial charge is 0.478 e. The molecule has 0 aliphatic rings. The van der Waals surface area contributed by atoms with Gasteiger partial charge >= 0.3 is 5.97 Å². The highest BCUT2D eigenvalue weighted by Gasteiger charge is 2.16. The van der Waals surface area contributed by atoms with E-state index in [1.165, 1.54) is 23.6 Å². The van der Waals surface area contributed by atoms with Crippen LogP contribution in [0, 0.1) is 0 Å². The predicted molar refractivity (Wildman–Crippen MR) is 74.0 cm³/mol. The van der Waals surface area contributed by atoms with Gasteiger partial charge in [-0.05, 0) is 17.8 Å². The molecule has 0 atom stereocenters. The molecule has 0 fully saturated rings. The van der Waals surface area contributed by atoms with Crippen molar-refractivity contribution in [3.63, 3.8) is 0 Å². The molecule has 2 heterocycles. The van der Waals surface area contributed by atoms with Crippen LogP contribution in [0.4, 0.5) is 10.8 Å². The summed E-state index contributed by atoms with van der Waals surface area (Å²) in [6, 6.07) is 1.38. The minimum absolute atomic E-state index is 0.0617. The maximum Gasteiger partial charge on any atom is 0.338 e. The summed E-state index contributed by atoms with van der Waals surface area (Å²) in [4.78, 5) is 17.0. The van der Waals surface area contributed by atoms with Crippen LogP contribution < -0.4 is 10.6 Å². The van der Waals surface area contributed by atoms with E-state index in [-0.39, 0.29) is 5.56 Å². The van der Waals surface area contributed by atoms with E-state index in [1.807, 2.05) is 19.0 Å². The maximum atomic E-state index is 11.1. The van der Waals surface area contributed by atoms with E-state index in [2.05, 4.69) is 15.2 Å². The molecule has 0 unspecified atom stereocenters. The number of nitrogens with zero attached hydrogens (tertiary/aromatic N) is 4. The second kappa shape index (κ2) is 5.41. The number of aromatic nitrogens is 3. The molecule has 0 spiro atoms. The van der Waals surface area contributed by atoms with Crippen molar-refractivity contribution in [2.45, 2.75) is 9.37 Å². The number of nitrogen functional groups attached to an aromatic ring is 1. The normalized spacial score (nSPS) is 10.4. The minimum Gasteiger partial charge on any atom is -0.478 e. The Hall–Kier alpha value is -1.87. The van der Waals surface area contributed by atoms with Crippen molar-refractivity contribution in [2.24, 2.45) is 0 Å². The lowest BCUT2D eigenvalue weighted by molar-refractivity contribution is 0.0692. The minimum atomic E-state index is -1.07. The molecule has 2 rings (SSSR count). The highest BCUT2D eigenvalue weighted by molar-refractivity contribution is 8.01. The molecule has 0 aliphatic carbocycles. The molecule has 0 saturated carbocycles. The Morgan fingerprint density at radius 1 is 1.47 bits per heavy atom. The Morgan fingerprint density at radius 2 is 2.21 bits per heavy atom. The molecule has 0 radical (unpaired) electrons. The summed E-state index contributed by atoms with van der Waals surface area (Å²) in [5.41, 5.74) is 5.91. The van der Waals surface area contributed by atoms with Crippen molar-refractivity contribution < 1.29 is 9.90 Å². The fourth-order valence-corrected chi connectivity index (χ4v) is 2.95. The zero-order valence-electron chi connectivity index (χ0n) is 10.2. The molecule has 19 heavy (non-hydrogen) atoms. The Bertz CT molecular complexity index is 614. The van der Waals surface area contributed by atoms with Crippen LogP contribution in [-0.2, 0) is 0 Å². The topological polar surface area (TPSA) is 105 Å². The SMILES string of the molecule is CN(C)c1nnc(Sc2ncc(N)cc2C(=O)O)s1. The molecule has 2 aromatic heterocycles. The zero-order valence-corrected chi connectivity index (χ0v) is 11.8. The quantitative estimate of drug-likeness (QED) is 0.873. The molecule has 0 bridgehead atoms. The van der Waals surface area contributed by atoms with Crippen LogP contribution in [0.25, 0.3) is 0 Å². The van der Waals surface area contributed by atoms with Crippen LogP contribution in [0.5, 0.6) is 0 Å². The molecule has 0 aliphatic heterocycles. The zero-order chi connectivity index (χ0) is 14.0. The Kier molecular flexibility index (Phi) is 3.86. The van der Waals surface area contributed by atoms with E-state index >= 15 is 0 Å². The van der Waals surface area contributed by atoms with Crippen molar-refractivity contribution in [1.82, 2.24) is 15.2 Å². The molecule has 9 heteroatoms.